The number of carbonyl (C=O) groups is 1. The van der Waals surface area contributed by atoms with Gasteiger partial charge in [-0.3, -0.25) is 10.2 Å². The highest BCUT2D eigenvalue weighted by atomic mass is 19.4. The van der Waals surface area contributed by atoms with Gasteiger partial charge in [-0.05, 0) is 61.4 Å². The molecule has 0 aliphatic carbocycles. The molecule has 38 heavy (non-hydrogen) atoms. The van der Waals surface area contributed by atoms with Crippen LogP contribution in [0.15, 0.2) is 72.8 Å². The van der Waals surface area contributed by atoms with Crippen LogP contribution in [0.1, 0.15) is 46.4 Å². The summed E-state index contributed by atoms with van der Waals surface area (Å²) in [5.41, 5.74) is 3.92. The Bertz CT molecular complexity index is 1430. The van der Waals surface area contributed by atoms with Gasteiger partial charge in [-0.25, -0.2) is 9.40 Å². The summed E-state index contributed by atoms with van der Waals surface area (Å²) in [5, 5.41) is 2.67. The normalized spacial score (nSPS) is 14.5. The number of rotatable bonds is 7. The zero-order valence-corrected chi connectivity index (χ0v) is 20.6. The molecule has 1 aliphatic heterocycles. The number of para-hydroxylation sites is 1. The molecular formula is C29H27F4N3O2. The number of aromatic nitrogens is 1. The Morgan fingerprint density at radius 3 is 2.39 bits per heavy atom. The Morgan fingerprint density at radius 1 is 0.921 bits per heavy atom. The quantitative estimate of drug-likeness (QED) is 0.278. The number of hydrogen-bond donors (Lipinski definition) is 1. The van der Waals surface area contributed by atoms with Crippen LogP contribution in [0, 0.1) is 5.82 Å². The fourth-order valence-corrected chi connectivity index (χ4v) is 4.69. The predicted molar refractivity (Wildman–Crippen MR) is 136 cm³/mol. The van der Waals surface area contributed by atoms with Gasteiger partial charge in [0.25, 0.3) is 5.91 Å². The molecule has 1 aliphatic rings. The summed E-state index contributed by atoms with van der Waals surface area (Å²) in [7, 11) is 0. The van der Waals surface area contributed by atoms with Crippen molar-refractivity contribution in [1.29, 1.82) is 0 Å². The minimum Gasteiger partial charge on any atom is -0.487 e. The lowest BCUT2D eigenvalue weighted by Crippen LogP contribution is -2.45. The average molecular weight is 526 g/mol. The predicted octanol–water partition coefficient (Wildman–Crippen LogP) is 6.56. The molecule has 1 N–H and O–H groups in total. The van der Waals surface area contributed by atoms with E-state index in [9.17, 15) is 22.4 Å². The van der Waals surface area contributed by atoms with Crippen molar-refractivity contribution >= 4 is 16.8 Å². The highest BCUT2D eigenvalue weighted by molar-refractivity contribution is 5.98. The highest BCUT2D eigenvalue weighted by Gasteiger charge is 2.31. The molecular weight excluding hydrogens is 498 g/mol. The maximum Gasteiger partial charge on any atom is 0.416 e. The number of carbonyl (C=O) groups excluding carboxylic acids is 1. The molecule has 2 heterocycles. The third-order valence-corrected chi connectivity index (χ3v) is 6.70. The van der Waals surface area contributed by atoms with E-state index in [-0.39, 0.29) is 24.6 Å². The van der Waals surface area contributed by atoms with E-state index in [1.165, 1.54) is 0 Å². The Hall–Kier alpha value is -3.85. The van der Waals surface area contributed by atoms with Crippen LogP contribution in [0.3, 0.4) is 0 Å². The Kier molecular flexibility index (Phi) is 7.37. The third-order valence-electron chi connectivity index (χ3n) is 6.70. The monoisotopic (exact) mass is 525 g/mol. The van der Waals surface area contributed by atoms with Gasteiger partial charge in [-0.15, -0.1) is 0 Å². The summed E-state index contributed by atoms with van der Waals surface area (Å²) >= 11 is 0. The molecule has 1 fully saturated rings. The molecule has 4 aromatic rings. The van der Waals surface area contributed by atoms with E-state index >= 15 is 0 Å². The fourth-order valence-electron chi connectivity index (χ4n) is 4.69. The van der Waals surface area contributed by atoms with E-state index in [4.69, 9.17) is 4.74 Å². The van der Waals surface area contributed by atoms with Crippen LogP contribution in [0.4, 0.5) is 17.6 Å². The third kappa shape index (κ3) is 5.83. The largest absolute Gasteiger partial charge is 0.487 e. The number of ether oxygens (including phenoxy) is 1. The summed E-state index contributed by atoms with van der Waals surface area (Å²) in [6, 6.07) is 18.8. The minimum absolute atomic E-state index is 0.000272. The first-order valence-corrected chi connectivity index (χ1v) is 12.5. The number of hydrazine groups is 1. The van der Waals surface area contributed by atoms with E-state index in [1.54, 1.807) is 22.8 Å². The van der Waals surface area contributed by atoms with Crippen LogP contribution in [0.2, 0.25) is 0 Å². The van der Waals surface area contributed by atoms with Crippen molar-refractivity contribution in [3.63, 3.8) is 0 Å². The smallest absolute Gasteiger partial charge is 0.416 e. The highest BCUT2D eigenvalue weighted by Crippen LogP contribution is 2.31. The molecule has 5 nitrogen and oxygen atoms in total. The van der Waals surface area contributed by atoms with Crippen molar-refractivity contribution in [1.82, 2.24) is 15.0 Å². The van der Waals surface area contributed by atoms with Gasteiger partial charge in [0.2, 0.25) is 0 Å². The minimum atomic E-state index is -4.63. The van der Waals surface area contributed by atoms with Crippen molar-refractivity contribution in [2.75, 3.05) is 13.1 Å². The van der Waals surface area contributed by atoms with E-state index in [0.29, 0.717) is 28.6 Å². The van der Waals surface area contributed by atoms with Gasteiger partial charge >= 0.3 is 6.18 Å². The van der Waals surface area contributed by atoms with Crippen LogP contribution < -0.4 is 10.2 Å². The number of halogens is 4. The molecule has 0 saturated carbocycles. The molecule has 0 spiro atoms. The molecule has 0 bridgehead atoms. The molecule has 1 amide bonds. The number of fused-ring (bicyclic) bond motifs is 1. The maximum atomic E-state index is 14.7. The van der Waals surface area contributed by atoms with E-state index in [2.05, 4.69) is 5.43 Å². The van der Waals surface area contributed by atoms with Crippen molar-refractivity contribution in [2.45, 2.75) is 38.6 Å². The molecule has 3 aromatic carbocycles. The first-order chi connectivity index (χ1) is 18.3. The van der Waals surface area contributed by atoms with Gasteiger partial charge < -0.3 is 9.30 Å². The van der Waals surface area contributed by atoms with Crippen molar-refractivity contribution in [2.24, 2.45) is 0 Å². The summed E-state index contributed by atoms with van der Waals surface area (Å²) in [6.07, 6.45) is -1.40. The molecule has 9 heteroatoms. The maximum absolute atomic E-state index is 14.7. The van der Waals surface area contributed by atoms with Gasteiger partial charge in [0.05, 0.1) is 17.8 Å². The van der Waals surface area contributed by atoms with Crippen LogP contribution in [0.25, 0.3) is 10.9 Å². The van der Waals surface area contributed by atoms with Gasteiger partial charge in [0, 0.05) is 35.1 Å². The van der Waals surface area contributed by atoms with Crippen molar-refractivity contribution < 1.29 is 27.1 Å². The molecule has 5 rings (SSSR count). The van der Waals surface area contributed by atoms with Crippen LogP contribution in [0.5, 0.6) is 5.75 Å². The number of amides is 1. The molecule has 0 radical (unpaired) electrons. The standard InChI is InChI=1S/C29H27F4N3O2/c30-26-17-23(29(31,32)33)11-9-21(26)18-36-24(19-38-25-7-3-1-4-8-25)16-22-15-20(10-12-27(22)36)28(37)34-35-13-5-2-6-14-35/h1,3-4,7-12,15-17H,2,5-6,13-14,18-19H2,(H,34,37). The van der Waals surface area contributed by atoms with E-state index < -0.39 is 17.6 Å². The fraction of sp³-hybridized carbons (Fsp3) is 0.276. The van der Waals surface area contributed by atoms with E-state index in [1.807, 2.05) is 41.4 Å². The molecule has 0 atom stereocenters. The van der Waals surface area contributed by atoms with Gasteiger partial charge in [0.1, 0.15) is 18.2 Å². The number of benzene rings is 3. The van der Waals surface area contributed by atoms with Crippen LogP contribution >= 0.6 is 0 Å². The van der Waals surface area contributed by atoms with E-state index in [0.717, 1.165) is 49.9 Å². The first-order valence-electron chi connectivity index (χ1n) is 12.5. The molecule has 1 aromatic heterocycles. The Balaban J connectivity index is 1.46. The lowest BCUT2D eigenvalue weighted by molar-refractivity contribution is -0.137. The number of nitrogens with one attached hydrogen (secondary N) is 1. The summed E-state index contributed by atoms with van der Waals surface area (Å²) in [4.78, 5) is 12.9. The summed E-state index contributed by atoms with van der Waals surface area (Å²) < 4.78 is 61.6. The number of hydrogen-bond acceptors (Lipinski definition) is 3. The molecule has 1 saturated heterocycles. The summed E-state index contributed by atoms with van der Waals surface area (Å²) in [5.74, 6) is -0.502. The van der Waals surface area contributed by atoms with Crippen LogP contribution in [-0.2, 0) is 19.3 Å². The van der Waals surface area contributed by atoms with Crippen LogP contribution in [-0.4, -0.2) is 28.6 Å². The number of piperidine rings is 1. The number of alkyl halides is 3. The zero-order valence-electron chi connectivity index (χ0n) is 20.6. The average Bonchev–Trinajstić information content (AvgIpc) is 3.25. The first kappa shape index (κ1) is 25.8. The Morgan fingerprint density at radius 2 is 1.68 bits per heavy atom. The Labute approximate surface area is 217 Å². The second-order valence-corrected chi connectivity index (χ2v) is 9.39. The lowest BCUT2D eigenvalue weighted by atomic mass is 10.1. The molecule has 0 unspecified atom stereocenters. The lowest BCUT2D eigenvalue weighted by Gasteiger charge is -2.26. The van der Waals surface area contributed by atoms with Gasteiger partial charge in [-0.2, -0.15) is 13.2 Å². The second kappa shape index (κ2) is 10.9. The summed E-state index contributed by atoms with van der Waals surface area (Å²) in [6.45, 7) is 1.77. The SMILES string of the molecule is O=C(NN1CCCCC1)c1ccc2c(c1)cc(COc1ccccc1)n2Cc1ccc(C(F)(F)F)cc1F. The zero-order chi connectivity index (χ0) is 26.7. The van der Waals surface area contributed by atoms with Crippen molar-refractivity contribution in [3.05, 3.63) is 101 Å². The van der Waals surface area contributed by atoms with Gasteiger partial charge in [-0.1, -0.05) is 30.7 Å². The molecule has 198 valence electrons. The van der Waals surface area contributed by atoms with Crippen molar-refractivity contribution in [3.8, 4) is 5.75 Å². The van der Waals surface area contributed by atoms with Gasteiger partial charge in [0.15, 0.2) is 0 Å². The number of nitrogens with zero attached hydrogens (tertiary/aromatic N) is 2. The second-order valence-electron chi connectivity index (χ2n) is 9.39. The topological polar surface area (TPSA) is 46.5 Å².